The van der Waals surface area contributed by atoms with E-state index in [0.29, 0.717) is 13.1 Å². The highest BCUT2D eigenvalue weighted by Gasteiger charge is 2.22. The van der Waals surface area contributed by atoms with Crippen molar-refractivity contribution >= 4 is 12.1 Å². The third-order valence-electron chi connectivity index (χ3n) is 1.86. The number of carbonyl (C=O) groups is 2. The first kappa shape index (κ1) is 15.7. The lowest BCUT2D eigenvalue weighted by Crippen LogP contribution is -2.40. The first-order chi connectivity index (χ1) is 7.80. The number of carbonyl (C=O) groups excluding carboxylic acids is 2. The lowest BCUT2D eigenvalue weighted by molar-refractivity contribution is -0.140. The molecule has 6 nitrogen and oxygen atoms in total. The smallest absolute Gasteiger partial charge is 0.410 e. The molecule has 6 heteroatoms. The Morgan fingerprint density at radius 1 is 1.24 bits per heavy atom. The molecule has 0 radical (unpaired) electrons. The summed E-state index contributed by atoms with van der Waals surface area (Å²) < 4.78 is 9.71. The van der Waals surface area contributed by atoms with Crippen LogP contribution in [0.25, 0.3) is 0 Å². The zero-order valence-electron chi connectivity index (χ0n) is 11.0. The first-order valence-electron chi connectivity index (χ1n) is 5.55. The Hall–Kier alpha value is -1.30. The molecule has 0 unspecified atom stereocenters. The molecular weight excluding hydrogens is 224 g/mol. The number of nitrogens with two attached hydrogens (primary N) is 1. The van der Waals surface area contributed by atoms with Gasteiger partial charge in [0.05, 0.1) is 13.5 Å². The fourth-order valence-corrected chi connectivity index (χ4v) is 1.11. The second kappa shape index (κ2) is 7.11. The number of amides is 1. The van der Waals surface area contributed by atoms with Crippen molar-refractivity contribution in [3.05, 3.63) is 0 Å². The molecule has 0 spiro atoms. The summed E-state index contributed by atoms with van der Waals surface area (Å²) in [6.45, 7) is 6.27. The topological polar surface area (TPSA) is 81.9 Å². The molecule has 1 amide bonds. The zero-order chi connectivity index (χ0) is 13.5. The van der Waals surface area contributed by atoms with Gasteiger partial charge in [-0.15, -0.1) is 0 Å². The van der Waals surface area contributed by atoms with Gasteiger partial charge < -0.3 is 20.1 Å². The largest absolute Gasteiger partial charge is 0.469 e. The average Bonchev–Trinajstić information content (AvgIpc) is 2.20. The van der Waals surface area contributed by atoms with E-state index in [2.05, 4.69) is 4.74 Å². The molecule has 0 aliphatic rings. The van der Waals surface area contributed by atoms with Crippen molar-refractivity contribution in [3.8, 4) is 0 Å². The molecule has 0 saturated heterocycles. The van der Waals surface area contributed by atoms with Crippen LogP contribution in [0.3, 0.4) is 0 Å². The van der Waals surface area contributed by atoms with Crippen LogP contribution in [0.1, 0.15) is 27.2 Å². The normalized spacial score (nSPS) is 10.9. The predicted molar refractivity (Wildman–Crippen MR) is 63.5 cm³/mol. The summed E-state index contributed by atoms with van der Waals surface area (Å²) in [6, 6.07) is 0. The number of hydrogen-bond acceptors (Lipinski definition) is 5. The Kier molecular flexibility index (Phi) is 6.57. The Morgan fingerprint density at radius 3 is 2.24 bits per heavy atom. The van der Waals surface area contributed by atoms with Crippen LogP contribution in [0.2, 0.25) is 0 Å². The minimum Gasteiger partial charge on any atom is -0.469 e. The van der Waals surface area contributed by atoms with Crippen LogP contribution in [0.4, 0.5) is 4.79 Å². The van der Waals surface area contributed by atoms with Crippen molar-refractivity contribution in [1.29, 1.82) is 0 Å². The van der Waals surface area contributed by atoms with E-state index in [0.717, 1.165) is 0 Å². The molecule has 17 heavy (non-hydrogen) atoms. The van der Waals surface area contributed by atoms with Crippen molar-refractivity contribution < 1.29 is 19.1 Å². The molecule has 0 aliphatic carbocycles. The van der Waals surface area contributed by atoms with Gasteiger partial charge in [0, 0.05) is 19.6 Å². The molecule has 0 saturated carbocycles. The fourth-order valence-electron chi connectivity index (χ4n) is 1.11. The van der Waals surface area contributed by atoms with Crippen LogP contribution in [0.15, 0.2) is 0 Å². The molecule has 0 rings (SSSR count). The maximum absolute atomic E-state index is 11.7. The van der Waals surface area contributed by atoms with E-state index in [1.165, 1.54) is 12.0 Å². The van der Waals surface area contributed by atoms with E-state index in [-0.39, 0.29) is 18.9 Å². The lowest BCUT2D eigenvalue weighted by Gasteiger charge is -2.26. The molecule has 0 heterocycles. The molecule has 0 bridgehead atoms. The van der Waals surface area contributed by atoms with E-state index >= 15 is 0 Å². The third kappa shape index (κ3) is 7.57. The molecule has 0 atom stereocenters. The second-order valence-electron chi connectivity index (χ2n) is 4.58. The summed E-state index contributed by atoms with van der Waals surface area (Å²) in [5.41, 5.74) is 4.84. The van der Waals surface area contributed by atoms with E-state index in [4.69, 9.17) is 10.5 Å². The van der Waals surface area contributed by atoms with Crippen molar-refractivity contribution in [2.75, 3.05) is 26.7 Å². The molecule has 0 aromatic rings. The maximum atomic E-state index is 11.7. The van der Waals surface area contributed by atoms with Gasteiger partial charge in [-0.05, 0) is 20.8 Å². The fraction of sp³-hybridized carbons (Fsp3) is 0.818. The van der Waals surface area contributed by atoms with Crippen LogP contribution in [-0.4, -0.2) is 49.3 Å². The van der Waals surface area contributed by atoms with Crippen LogP contribution in [0, 0.1) is 0 Å². The molecule has 0 fully saturated rings. The summed E-state index contributed by atoms with van der Waals surface area (Å²) in [7, 11) is 1.31. The van der Waals surface area contributed by atoms with Crippen molar-refractivity contribution in [2.24, 2.45) is 5.73 Å². The Balaban J connectivity index is 4.31. The molecule has 2 N–H and O–H groups in total. The number of ether oxygens (including phenoxy) is 2. The number of esters is 1. The van der Waals surface area contributed by atoms with Gasteiger partial charge in [0.2, 0.25) is 0 Å². The number of rotatable bonds is 5. The number of hydrogen-bond donors (Lipinski definition) is 1. The highest BCUT2D eigenvalue weighted by atomic mass is 16.6. The molecular formula is C11H22N2O4. The van der Waals surface area contributed by atoms with Crippen LogP contribution in [-0.2, 0) is 14.3 Å². The second-order valence-corrected chi connectivity index (χ2v) is 4.58. The Bertz CT molecular complexity index is 261. The van der Waals surface area contributed by atoms with Crippen molar-refractivity contribution in [2.45, 2.75) is 32.8 Å². The summed E-state index contributed by atoms with van der Waals surface area (Å²) in [5, 5.41) is 0. The molecule has 100 valence electrons. The first-order valence-corrected chi connectivity index (χ1v) is 5.55. The van der Waals surface area contributed by atoms with Gasteiger partial charge in [-0.25, -0.2) is 4.79 Å². The van der Waals surface area contributed by atoms with Crippen molar-refractivity contribution in [3.63, 3.8) is 0 Å². The average molecular weight is 246 g/mol. The Labute approximate surface area is 102 Å². The van der Waals surface area contributed by atoms with Gasteiger partial charge in [0.1, 0.15) is 5.60 Å². The van der Waals surface area contributed by atoms with Gasteiger partial charge in [0.15, 0.2) is 0 Å². The molecule has 0 aromatic carbocycles. The summed E-state index contributed by atoms with van der Waals surface area (Å²) in [5.74, 6) is -0.365. The van der Waals surface area contributed by atoms with E-state index in [9.17, 15) is 9.59 Å². The highest BCUT2D eigenvalue weighted by molar-refractivity contribution is 5.72. The standard InChI is InChI=1S/C11H22N2O4/c1-11(2,3)17-10(15)13(8-6-12)7-5-9(14)16-4/h5-8,12H2,1-4H3. The predicted octanol–water partition coefficient (Wildman–Crippen LogP) is 0.745. The van der Waals surface area contributed by atoms with E-state index in [1.807, 2.05) is 0 Å². The van der Waals surface area contributed by atoms with Gasteiger partial charge in [0.25, 0.3) is 0 Å². The van der Waals surface area contributed by atoms with Crippen LogP contribution >= 0.6 is 0 Å². The van der Waals surface area contributed by atoms with Gasteiger partial charge in [-0.1, -0.05) is 0 Å². The quantitative estimate of drug-likeness (QED) is 0.724. The maximum Gasteiger partial charge on any atom is 0.410 e. The zero-order valence-corrected chi connectivity index (χ0v) is 11.0. The van der Waals surface area contributed by atoms with Crippen LogP contribution in [0.5, 0.6) is 0 Å². The highest BCUT2D eigenvalue weighted by Crippen LogP contribution is 2.10. The van der Waals surface area contributed by atoms with Crippen LogP contribution < -0.4 is 5.73 Å². The van der Waals surface area contributed by atoms with Gasteiger partial charge in [-0.2, -0.15) is 0 Å². The van der Waals surface area contributed by atoms with Crippen molar-refractivity contribution in [1.82, 2.24) is 4.90 Å². The summed E-state index contributed by atoms with van der Waals surface area (Å²) in [6.07, 6.45) is -0.331. The van der Waals surface area contributed by atoms with Gasteiger partial charge >= 0.3 is 12.1 Å². The van der Waals surface area contributed by atoms with Gasteiger partial charge in [-0.3, -0.25) is 4.79 Å². The summed E-state index contributed by atoms with van der Waals surface area (Å²) >= 11 is 0. The monoisotopic (exact) mass is 246 g/mol. The minimum atomic E-state index is -0.560. The molecule has 0 aliphatic heterocycles. The molecule has 0 aromatic heterocycles. The number of nitrogens with zero attached hydrogens (tertiary/aromatic N) is 1. The number of methoxy groups -OCH3 is 1. The SMILES string of the molecule is COC(=O)CCN(CCN)C(=O)OC(C)(C)C. The lowest BCUT2D eigenvalue weighted by atomic mass is 10.2. The third-order valence-corrected chi connectivity index (χ3v) is 1.86. The van der Waals surface area contributed by atoms with E-state index < -0.39 is 11.7 Å². The Morgan fingerprint density at radius 2 is 1.82 bits per heavy atom. The summed E-state index contributed by atoms with van der Waals surface area (Å²) in [4.78, 5) is 24.1. The minimum absolute atomic E-state index is 0.135. The van der Waals surface area contributed by atoms with E-state index in [1.54, 1.807) is 20.8 Å².